The van der Waals surface area contributed by atoms with Gasteiger partial charge in [-0.15, -0.1) is 0 Å². The van der Waals surface area contributed by atoms with E-state index in [-0.39, 0.29) is 12.8 Å². The molecule has 0 spiro atoms. The van der Waals surface area contributed by atoms with E-state index in [1.807, 2.05) is 12.1 Å². The Bertz CT molecular complexity index is 673. The van der Waals surface area contributed by atoms with Gasteiger partial charge in [-0.3, -0.25) is 9.59 Å². The molecule has 2 rings (SSSR count). The number of amides is 2. The van der Waals surface area contributed by atoms with Crippen LogP contribution in [0.3, 0.4) is 0 Å². The second-order valence-electron chi connectivity index (χ2n) is 5.17. The molecule has 1 aromatic rings. The summed E-state index contributed by atoms with van der Waals surface area (Å²) >= 11 is 5.79. The van der Waals surface area contributed by atoms with E-state index in [0.29, 0.717) is 22.3 Å². The molecule has 1 aliphatic rings. The summed E-state index contributed by atoms with van der Waals surface area (Å²) in [6, 6.07) is 6.31. The van der Waals surface area contributed by atoms with Gasteiger partial charge in [0.15, 0.2) is 0 Å². The smallest absolute Gasteiger partial charge is 0.244 e. The fourth-order valence-corrected chi connectivity index (χ4v) is 3.66. The fourth-order valence-electron chi connectivity index (χ4n) is 2.41. The molecule has 120 valence electrons. The summed E-state index contributed by atoms with van der Waals surface area (Å²) in [5.41, 5.74) is 1.01. The maximum atomic E-state index is 12.1. The Morgan fingerprint density at radius 1 is 1.36 bits per heavy atom. The first-order valence-corrected chi connectivity index (χ1v) is 9.06. The van der Waals surface area contributed by atoms with Crippen molar-refractivity contribution in [1.82, 2.24) is 9.62 Å². The SMILES string of the molecule is CS(=O)(=O)N1C(=O)CCC1C(=O)NCCc1ccc(Cl)cc1. The lowest BCUT2D eigenvalue weighted by Gasteiger charge is -2.21. The van der Waals surface area contributed by atoms with Crippen LogP contribution in [-0.4, -0.2) is 43.4 Å². The first-order valence-electron chi connectivity index (χ1n) is 6.83. The number of hydrogen-bond acceptors (Lipinski definition) is 4. The predicted molar refractivity (Wildman–Crippen MR) is 82.9 cm³/mol. The van der Waals surface area contributed by atoms with E-state index in [0.717, 1.165) is 11.8 Å². The summed E-state index contributed by atoms with van der Waals surface area (Å²) in [5, 5.41) is 3.32. The third-order valence-electron chi connectivity index (χ3n) is 3.45. The number of carbonyl (C=O) groups excluding carboxylic acids is 2. The van der Waals surface area contributed by atoms with Gasteiger partial charge in [0.2, 0.25) is 21.8 Å². The van der Waals surface area contributed by atoms with Gasteiger partial charge in [-0.25, -0.2) is 12.7 Å². The van der Waals surface area contributed by atoms with Crippen LogP contribution >= 0.6 is 11.6 Å². The van der Waals surface area contributed by atoms with Crippen LogP contribution in [0.2, 0.25) is 5.02 Å². The van der Waals surface area contributed by atoms with Crippen LogP contribution in [-0.2, 0) is 26.0 Å². The number of carbonyl (C=O) groups is 2. The van der Waals surface area contributed by atoms with Crippen LogP contribution in [0.5, 0.6) is 0 Å². The van der Waals surface area contributed by atoms with E-state index in [4.69, 9.17) is 11.6 Å². The third kappa shape index (κ3) is 3.98. The van der Waals surface area contributed by atoms with Crippen LogP contribution in [0.4, 0.5) is 0 Å². The first-order chi connectivity index (χ1) is 10.3. The molecule has 6 nitrogen and oxygen atoms in total. The van der Waals surface area contributed by atoms with Crippen LogP contribution in [0.25, 0.3) is 0 Å². The van der Waals surface area contributed by atoms with Gasteiger partial charge in [-0.2, -0.15) is 0 Å². The number of nitrogens with zero attached hydrogens (tertiary/aromatic N) is 1. The zero-order valence-corrected chi connectivity index (χ0v) is 13.7. The molecule has 0 radical (unpaired) electrons. The largest absolute Gasteiger partial charge is 0.354 e. The molecule has 1 aliphatic heterocycles. The lowest BCUT2D eigenvalue weighted by Crippen LogP contribution is -2.47. The van der Waals surface area contributed by atoms with E-state index in [1.165, 1.54) is 0 Å². The highest BCUT2D eigenvalue weighted by molar-refractivity contribution is 7.89. The van der Waals surface area contributed by atoms with Crippen molar-refractivity contribution in [3.63, 3.8) is 0 Å². The maximum Gasteiger partial charge on any atom is 0.244 e. The Morgan fingerprint density at radius 3 is 2.59 bits per heavy atom. The predicted octanol–water partition coefficient (Wildman–Crippen LogP) is 0.949. The van der Waals surface area contributed by atoms with Crippen molar-refractivity contribution >= 4 is 33.4 Å². The Morgan fingerprint density at radius 2 is 2.00 bits per heavy atom. The zero-order valence-electron chi connectivity index (χ0n) is 12.1. The van der Waals surface area contributed by atoms with Gasteiger partial charge in [0.25, 0.3) is 0 Å². The zero-order chi connectivity index (χ0) is 16.3. The topological polar surface area (TPSA) is 83.6 Å². The molecule has 1 heterocycles. The number of benzene rings is 1. The molecule has 1 aromatic carbocycles. The van der Waals surface area contributed by atoms with Crippen molar-refractivity contribution < 1.29 is 18.0 Å². The van der Waals surface area contributed by atoms with E-state index in [2.05, 4.69) is 5.32 Å². The van der Waals surface area contributed by atoms with Gasteiger partial charge in [0.05, 0.1) is 6.26 Å². The van der Waals surface area contributed by atoms with Crippen molar-refractivity contribution in [3.8, 4) is 0 Å². The van der Waals surface area contributed by atoms with Crippen molar-refractivity contribution in [1.29, 1.82) is 0 Å². The lowest BCUT2D eigenvalue weighted by molar-refractivity contribution is -0.130. The number of sulfonamides is 1. The second-order valence-corrected chi connectivity index (χ2v) is 7.47. The molecule has 1 saturated heterocycles. The summed E-state index contributed by atoms with van der Waals surface area (Å²) in [7, 11) is -3.72. The highest BCUT2D eigenvalue weighted by Crippen LogP contribution is 2.21. The summed E-state index contributed by atoms with van der Waals surface area (Å²) in [4.78, 5) is 23.7. The average Bonchev–Trinajstić information content (AvgIpc) is 2.83. The quantitative estimate of drug-likeness (QED) is 0.862. The van der Waals surface area contributed by atoms with Gasteiger partial charge in [0.1, 0.15) is 6.04 Å². The van der Waals surface area contributed by atoms with E-state index >= 15 is 0 Å². The van der Waals surface area contributed by atoms with Gasteiger partial charge < -0.3 is 5.32 Å². The molecule has 22 heavy (non-hydrogen) atoms. The third-order valence-corrected chi connectivity index (χ3v) is 4.87. The number of halogens is 1. The highest BCUT2D eigenvalue weighted by atomic mass is 35.5. The van der Waals surface area contributed by atoms with Gasteiger partial charge in [0, 0.05) is 18.0 Å². The van der Waals surface area contributed by atoms with E-state index in [1.54, 1.807) is 12.1 Å². The Labute approximate surface area is 134 Å². The number of nitrogens with one attached hydrogen (secondary N) is 1. The molecular formula is C14H17ClN2O4S. The molecule has 2 amide bonds. The Hall–Kier alpha value is -1.60. The second kappa shape index (κ2) is 6.66. The number of rotatable bonds is 5. The molecular weight excluding hydrogens is 328 g/mol. The maximum absolute atomic E-state index is 12.1. The number of hydrogen-bond donors (Lipinski definition) is 1. The lowest BCUT2D eigenvalue weighted by atomic mass is 10.1. The molecule has 1 N–H and O–H groups in total. The van der Waals surface area contributed by atoms with Crippen LogP contribution < -0.4 is 5.32 Å². The van der Waals surface area contributed by atoms with Crippen LogP contribution in [0, 0.1) is 0 Å². The van der Waals surface area contributed by atoms with Gasteiger partial charge in [-0.05, 0) is 30.5 Å². The highest BCUT2D eigenvalue weighted by Gasteiger charge is 2.41. The monoisotopic (exact) mass is 344 g/mol. The van der Waals surface area contributed by atoms with Crippen LogP contribution in [0.1, 0.15) is 18.4 Å². The minimum Gasteiger partial charge on any atom is -0.354 e. The van der Waals surface area contributed by atoms with Crippen LogP contribution in [0.15, 0.2) is 24.3 Å². The van der Waals surface area contributed by atoms with E-state index in [9.17, 15) is 18.0 Å². The van der Waals surface area contributed by atoms with Crippen molar-refractivity contribution in [2.75, 3.05) is 12.8 Å². The van der Waals surface area contributed by atoms with Gasteiger partial charge >= 0.3 is 0 Å². The van der Waals surface area contributed by atoms with Crippen molar-refractivity contribution in [2.24, 2.45) is 0 Å². The minimum absolute atomic E-state index is 0.0718. The fraction of sp³-hybridized carbons (Fsp3) is 0.429. The molecule has 1 unspecified atom stereocenters. The van der Waals surface area contributed by atoms with E-state index < -0.39 is 27.9 Å². The minimum atomic E-state index is -3.72. The molecule has 8 heteroatoms. The molecule has 1 fully saturated rings. The summed E-state index contributed by atoms with van der Waals surface area (Å²) in [6.07, 6.45) is 1.83. The molecule has 0 saturated carbocycles. The Balaban J connectivity index is 1.92. The summed E-state index contributed by atoms with van der Waals surface area (Å²) in [5.74, 6) is -0.967. The summed E-state index contributed by atoms with van der Waals surface area (Å²) in [6.45, 7) is 0.364. The molecule has 0 aliphatic carbocycles. The molecule has 1 atom stereocenters. The molecule has 0 bridgehead atoms. The molecule has 0 aromatic heterocycles. The first kappa shape index (κ1) is 16.8. The Kier molecular flexibility index (Phi) is 5.08. The van der Waals surface area contributed by atoms with Crippen molar-refractivity contribution in [2.45, 2.75) is 25.3 Å². The van der Waals surface area contributed by atoms with Crippen molar-refractivity contribution in [3.05, 3.63) is 34.9 Å². The van der Waals surface area contributed by atoms with Gasteiger partial charge in [-0.1, -0.05) is 23.7 Å². The normalized spacial score (nSPS) is 18.5. The standard InChI is InChI=1S/C14H17ClN2O4S/c1-22(20,21)17-12(6-7-13(17)18)14(19)16-9-8-10-2-4-11(15)5-3-10/h2-5,12H,6-9H2,1H3,(H,16,19). The summed E-state index contributed by atoms with van der Waals surface area (Å²) < 4.78 is 23.9. The average molecular weight is 345 g/mol.